The summed E-state index contributed by atoms with van der Waals surface area (Å²) >= 11 is 0. The first-order valence-corrected chi connectivity index (χ1v) is 5.65. The van der Waals surface area contributed by atoms with Gasteiger partial charge in [0.25, 0.3) is 5.56 Å². The second kappa shape index (κ2) is 4.46. The molecule has 0 radical (unpaired) electrons. The van der Waals surface area contributed by atoms with Crippen LogP contribution in [0.15, 0.2) is 15.8 Å². The molecule has 0 saturated heterocycles. The molecule has 0 unspecified atom stereocenters. The van der Waals surface area contributed by atoms with Crippen LogP contribution in [0.3, 0.4) is 0 Å². The van der Waals surface area contributed by atoms with Crippen molar-refractivity contribution in [3.05, 3.63) is 32.6 Å². The van der Waals surface area contributed by atoms with Crippen LogP contribution in [0.2, 0.25) is 0 Å². The molecule has 0 bridgehead atoms. The monoisotopic (exact) mass is 240 g/mol. The summed E-state index contributed by atoms with van der Waals surface area (Å²) in [4.78, 5) is 25.2. The fourth-order valence-corrected chi connectivity index (χ4v) is 2.45. The summed E-state index contributed by atoms with van der Waals surface area (Å²) in [5.41, 5.74) is -0.439. The minimum Gasteiger partial charge on any atom is -0.396 e. The summed E-state index contributed by atoms with van der Waals surface area (Å²) in [6.07, 6.45) is 2.08. The molecular formula is C11H16N2O4. The molecule has 1 aliphatic rings. The summed E-state index contributed by atoms with van der Waals surface area (Å²) < 4.78 is 1.41. The van der Waals surface area contributed by atoms with Crippen LogP contribution in [-0.4, -0.2) is 32.5 Å². The molecule has 0 aromatic carbocycles. The van der Waals surface area contributed by atoms with Gasteiger partial charge >= 0.3 is 5.69 Å². The lowest BCUT2D eigenvalue weighted by atomic mass is 10.0. The maximum Gasteiger partial charge on any atom is 0.328 e. The highest BCUT2D eigenvalue weighted by molar-refractivity contribution is 5.03. The largest absolute Gasteiger partial charge is 0.396 e. The number of H-pyrrole nitrogens is 1. The Labute approximate surface area is 97.5 Å². The molecule has 1 heterocycles. The van der Waals surface area contributed by atoms with Crippen LogP contribution < -0.4 is 11.2 Å². The van der Waals surface area contributed by atoms with Gasteiger partial charge in [-0.1, -0.05) is 0 Å². The summed E-state index contributed by atoms with van der Waals surface area (Å²) in [5.74, 6) is -0.349. The molecule has 2 rings (SSSR count). The second-order valence-corrected chi connectivity index (χ2v) is 4.54. The maximum absolute atomic E-state index is 11.7. The minimum absolute atomic E-state index is 0.170. The zero-order valence-electron chi connectivity index (χ0n) is 9.59. The Hall–Kier alpha value is -1.40. The van der Waals surface area contributed by atoms with Crippen molar-refractivity contribution < 1.29 is 10.2 Å². The Morgan fingerprint density at radius 3 is 2.82 bits per heavy atom. The van der Waals surface area contributed by atoms with Gasteiger partial charge < -0.3 is 10.2 Å². The van der Waals surface area contributed by atoms with E-state index in [1.807, 2.05) is 0 Å². The molecule has 0 amide bonds. The quantitative estimate of drug-likeness (QED) is 0.627. The van der Waals surface area contributed by atoms with Crippen molar-refractivity contribution in [3.8, 4) is 0 Å². The molecule has 0 spiro atoms. The first kappa shape index (κ1) is 12.1. The van der Waals surface area contributed by atoms with Gasteiger partial charge in [-0.2, -0.15) is 0 Å². The predicted molar refractivity (Wildman–Crippen MR) is 60.9 cm³/mol. The molecule has 17 heavy (non-hydrogen) atoms. The van der Waals surface area contributed by atoms with E-state index in [0.717, 1.165) is 0 Å². The number of rotatable bonds is 2. The van der Waals surface area contributed by atoms with Crippen molar-refractivity contribution in [3.63, 3.8) is 0 Å². The van der Waals surface area contributed by atoms with Crippen molar-refractivity contribution in [1.29, 1.82) is 0 Å². The zero-order valence-corrected chi connectivity index (χ0v) is 9.59. The average Bonchev–Trinajstić information content (AvgIpc) is 2.64. The standard InChI is InChI=1S/C11H16N2O4/c1-6-4-13(11(17)12-10(6)16)8-2-3-9(15)7(8)5-14/h4,7-9,14-15H,2-3,5H2,1H3,(H,12,16,17)/t7-,8-,9+/m0/s1. The lowest BCUT2D eigenvalue weighted by Crippen LogP contribution is -2.36. The highest BCUT2D eigenvalue weighted by Gasteiger charge is 2.36. The summed E-state index contributed by atoms with van der Waals surface area (Å²) in [7, 11) is 0. The van der Waals surface area contributed by atoms with Crippen LogP contribution in [-0.2, 0) is 0 Å². The van der Waals surface area contributed by atoms with Crippen LogP contribution in [0.1, 0.15) is 24.4 Å². The van der Waals surface area contributed by atoms with Crippen molar-refractivity contribution in [2.75, 3.05) is 6.61 Å². The van der Waals surface area contributed by atoms with Crippen molar-refractivity contribution in [1.82, 2.24) is 9.55 Å². The van der Waals surface area contributed by atoms with Crippen molar-refractivity contribution in [2.24, 2.45) is 5.92 Å². The highest BCUT2D eigenvalue weighted by atomic mass is 16.3. The zero-order chi connectivity index (χ0) is 12.6. The molecule has 0 aliphatic heterocycles. The molecule has 1 aliphatic carbocycles. The van der Waals surface area contributed by atoms with E-state index in [0.29, 0.717) is 18.4 Å². The second-order valence-electron chi connectivity index (χ2n) is 4.54. The summed E-state index contributed by atoms with van der Waals surface area (Å²) in [5, 5.41) is 18.9. The number of aliphatic hydroxyl groups excluding tert-OH is 2. The van der Waals surface area contributed by atoms with Crippen LogP contribution in [0.4, 0.5) is 0 Å². The normalized spacial score (nSPS) is 28.5. The van der Waals surface area contributed by atoms with Gasteiger partial charge in [0, 0.05) is 23.7 Å². The number of aliphatic hydroxyl groups is 2. The number of hydrogen-bond acceptors (Lipinski definition) is 4. The van der Waals surface area contributed by atoms with Gasteiger partial charge in [0.1, 0.15) is 0 Å². The van der Waals surface area contributed by atoms with Crippen molar-refractivity contribution >= 4 is 0 Å². The van der Waals surface area contributed by atoms with Gasteiger partial charge in [0.2, 0.25) is 0 Å². The van der Waals surface area contributed by atoms with Gasteiger partial charge in [-0.15, -0.1) is 0 Å². The lowest BCUT2D eigenvalue weighted by molar-refractivity contribution is 0.0732. The third-order valence-electron chi connectivity index (χ3n) is 3.46. The first-order chi connectivity index (χ1) is 8.04. The lowest BCUT2D eigenvalue weighted by Gasteiger charge is -2.21. The molecule has 6 heteroatoms. The van der Waals surface area contributed by atoms with Gasteiger partial charge in [-0.05, 0) is 19.8 Å². The van der Waals surface area contributed by atoms with Crippen LogP contribution >= 0.6 is 0 Å². The van der Waals surface area contributed by atoms with Crippen LogP contribution in [0.25, 0.3) is 0 Å². The van der Waals surface area contributed by atoms with E-state index < -0.39 is 17.4 Å². The first-order valence-electron chi connectivity index (χ1n) is 5.65. The minimum atomic E-state index is -0.593. The van der Waals surface area contributed by atoms with E-state index in [-0.39, 0.29) is 18.6 Å². The van der Waals surface area contributed by atoms with Crippen molar-refractivity contribution in [2.45, 2.75) is 31.9 Å². The van der Waals surface area contributed by atoms with E-state index in [1.165, 1.54) is 10.8 Å². The van der Waals surface area contributed by atoms with E-state index in [4.69, 9.17) is 0 Å². The Morgan fingerprint density at radius 2 is 2.18 bits per heavy atom. The Balaban J connectivity index is 2.44. The molecule has 3 N–H and O–H groups in total. The average molecular weight is 240 g/mol. The van der Waals surface area contributed by atoms with E-state index in [2.05, 4.69) is 4.98 Å². The van der Waals surface area contributed by atoms with Gasteiger partial charge in [-0.25, -0.2) is 4.79 Å². The van der Waals surface area contributed by atoms with Crippen LogP contribution in [0, 0.1) is 12.8 Å². The van der Waals surface area contributed by atoms with Crippen LogP contribution in [0.5, 0.6) is 0 Å². The van der Waals surface area contributed by atoms with E-state index in [1.54, 1.807) is 6.92 Å². The number of nitrogens with one attached hydrogen (secondary N) is 1. The molecule has 1 fully saturated rings. The molecule has 1 aromatic rings. The Kier molecular flexibility index (Phi) is 3.17. The Bertz CT molecular complexity index is 519. The summed E-state index contributed by atoms with van der Waals surface area (Å²) in [6, 6.07) is -0.252. The highest BCUT2D eigenvalue weighted by Crippen LogP contribution is 2.34. The molecular weight excluding hydrogens is 224 g/mol. The molecule has 1 aromatic heterocycles. The Morgan fingerprint density at radius 1 is 1.47 bits per heavy atom. The van der Waals surface area contributed by atoms with Gasteiger partial charge in [0.05, 0.1) is 12.7 Å². The van der Waals surface area contributed by atoms with E-state index in [9.17, 15) is 19.8 Å². The fraction of sp³-hybridized carbons (Fsp3) is 0.636. The third-order valence-corrected chi connectivity index (χ3v) is 3.46. The number of nitrogens with zero attached hydrogens (tertiary/aromatic N) is 1. The van der Waals surface area contributed by atoms with Gasteiger partial charge in [0.15, 0.2) is 0 Å². The SMILES string of the molecule is Cc1cn([C@H]2CC[C@@H](O)[C@H]2CO)c(=O)[nH]c1=O. The summed E-state index contributed by atoms with van der Waals surface area (Å²) in [6.45, 7) is 1.45. The molecule has 3 atom stereocenters. The number of hydrogen-bond donors (Lipinski definition) is 3. The number of aryl methyl sites for hydroxylation is 1. The molecule has 94 valence electrons. The molecule has 1 saturated carbocycles. The van der Waals surface area contributed by atoms with Gasteiger partial charge in [-0.3, -0.25) is 14.3 Å². The number of aromatic amines is 1. The topological polar surface area (TPSA) is 95.3 Å². The van der Waals surface area contributed by atoms with E-state index >= 15 is 0 Å². The maximum atomic E-state index is 11.7. The number of aromatic nitrogens is 2. The molecule has 6 nitrogen and oxygen atoms in total. The third kappa shape index (κ3) is 2.05. The predicted octanol–water partition coefficient (Wildman–Crippen LogP) is -0.851. The fourth-order valence-electron chi connectivity index (χ4n) is 2.45. The smallest absolute Gasteiger partial charge is 0.328 e.